The number of aromatic nitrogens is 4. The standard InChI is InChI=1S/C24H27N5O4/c30-22(31)29-12-8-23(9-13-29)20(18-7-3-4-14-32-18)24(23,33-19-15-25-10-11-26-19)21-16-5-1-2-6-17(16)27-28-21/h1-2,5-6,10-11,15,18,20H,3-4,7-9,12-14H2,(H,27,28)(H,30,31). The molecule has 2 saturated heterocycles. The molecule has 1 spiro atoms. The number of aromatic amines is 1. The lowest BCUT2D eigenvalue weighted by atomic mass is 9.85. The summed E-state index contributed by atoms with van der Waals surface area (Å²) in [4.78, 5) is 21.8. The van der Waals surface area contributed by atoms with Gasteiger partial charge in [0.25, 0.3) is 0 Å². The van der Waals surface area contributed by atoms with E-state index in [1.165, 1.54) is 4.90 Å². The van der Waals surface area contributed by atoms with Gasteiger partial charge < -0.3 is 19.5 Å². The maximum atomic E-state index is 11.7. The third-order valence-electron chi connectivity index (χ3n) is 7.83. The zero-order chi connectivity index (χ0) is 22.5. The highest BCUT2D eigenvalue weighted by atomic mass is 16.5. The van der Waals surface area contributed by atoms with E-state index >= 15 is 0 Å². The van der Waals surface area contributed by atoms with E-state index in [9.17, 15) is 9.90 Å². The van der Waals surface area contributed by atoms with Crippen molar-refractivity contribution in [2.75, 3.05) is 19.7 Å². The van der Waals surface area contributed by atoms with Gasteiger partial charge in [0.15, 0.2) is 5.60 Å². The number of nitrogens with one attached hydrogen (secondary N) is 1. The number of ether oxygens (including phenoxy) is 2. The summed E-state index contributed by atoms with van der Waals surface area (Å²) in [6.07, 6.45) is 8.55. The summed E-state index contributed by atoms with van der Waals surface area (Å²) in [7, 11) is 0. The van der Waals surface area contributed by atoms with E-state index < -0.39 is 11.7 Å². The molecule has 0 radical (unpaired) electrons. The third-order valence-corrected chi connectivity index (χ3v) is 7.83. The first-order valence-corrected chi connectivity index (χ1v) is 11.6. The summed E-state index contributed by atoms with van der Waals surface area (Å²) in [6, 6.07) is 8.06. The average molecular weight is 450 g/mol. The molecule has 2 aliphatic heterocycles. The van der Waals surface area contributed by atoms with Gasteiger partial charge in [-0.15, -0.1) is 0 Å². The van der Waals surface area contributed by atoms with E-state index in [1.807, 2.05) is 18.2 Å². The first kappa shape index (κ1) is 20.4. The van der Waals surface area contributed by atoms with Crippen LogP contribution in [0.3, 0.4) is 0 Å². The molecule has 0 bridgehead atoms. The maximum absolute atomic E-state index is 11.7. The fourth-order valence-corrected chi connectivity index (χ4v) is 6.37. The Morgan fingerprint density at radius 1 is 1.21 bits per heavy atom. The number of piperidine rings is 1. The molecular formula is C24H27N5O4. The van der Waals surface area contributed by atoms with Crippen molar-refractivity contribution in [3.8, 4) is 5.88 Å². The Hall–Kier alpha value is -3.20. The Labute approximate surface area is 191 Å². The number of amides is 1. The minimum absolute atomic E-state index is 0.0299. The number of para-hydroxylation sites is 1. The number of benzene rings is 1. The second-order valence-corrected chi connectivity index (χ2v) is 9.31. The van der Waals surface area contributed by atoms with Crippen LogP contribution in [0, 0.1) is 11.3 Å². The van der Waals surface area contributed by atoms with Gasteiger partial charge in [-0.25, -0.2) is 9.78 Å². The summed E-state index contributed by atoms with van der Waals surface area (Å²) in [5.74, 6) is 0.498. The number of fused-ring (bicyclic) bond motifs is 1. The van der Waals surface area contributed by atoms with Crippen molar-refractivity contribution in [1.29, 1.82) is 0 Å². The Balaban J connectivity index is 1.50. The molecule has 3 unspecified atom stereocenters. The lowest BCUT2D eigenvalue weighted by Crippen LogP contribution is -2.41. The molecule has 33 heavy (non-hydrogen) atoms. The van der Waals surface area contributed by atoms with Gasteiger partial charge in [-0.1, -0.05) is 18.2 Å². The lowest BCUT2D eigenvalue weighted by Gasteiger charge is -2.34. The fraction of sp³-hybridized carbons (Fsp3) is 0.500. The topological polar surface area (TPSA) is 113 Å². The summed E-state index contributed by atoms with van der Waals surface area (Å²) in [5.41, 5.74) is 0.737. The van der Waals surface area contributed by atoms with Crippen LogP contribution in [0.25, 0.3) is 10.9 Å². The molecule has 1 aromatic carbocycles. The van der Waals surface area contributed by atoms with E-state index in [0.717, 1.165) is 42.5 Å². The van der Waals surface area contributed by atoms with Gasteiger partial charge in [0.2, 0.25) is 5.88 Å². The number of hydrogen-bond donors (Lipinski definition) is 2. The highest BCUT2D eigenvalue weighted by Gasteiger charge is 2.83. The van der Waals surface area contributed by atoms with Gasteiger partial charge in [0, 0.05) is 48.8 Å². The highest BCUT2D eigenvalue weighted by Crippen LogP contribution is 2.76. The molecule has 1 saturated carbocycles. The molecule has 1 aliphatic carbocycles. The van der Waals surface area contributed by atoms with Crippen LogP contribution in [0.15, 0.2) is 42.9 Å². The lowest BCUT2D eigenvalue weighted by molar-refractivity contribution is -0.0196. The van der Waals surface area contributed by atoms with Crippen LogP contribution < -0.4 is 4.74 Å². The van der Waals surface area contributed by atoms with Crippen LogP contribution in [0.4, 0.5) is 4.79 Å². The van der Waals surface area contributed by atoms with Crippen molar-refractivity contribution in [3.05, 3.63) is 48.5 Å². The molecule has 2 aromatic heterocycles. The van der Waals surface area contributed by atoms with Crippen molar-refractivity contribution in [2.45, 2.75) is 43.8 Å². The van der Waals surface area contributed by atoms with Crippen LogP contribution in [-0.4, -0.2) is 62.1 Å². The van der Waals surface area contributed by atoms with E-state index in [4.69, 9.17) is 14.6 Å². The molecule has 1 amide bonds. The second kappa shape index (κ2) is 7.69. The zero-order valence-corrected chi connectivity index (χ0v) is 18.3. The molecule has 2 N–H and O–H groups in total. The van der Waals surface area contributed by atoms with Crippen molar-refractivity contribution in [1.82, 2.24) is 25.1 Å². The van der Waals surface area contributed by atoms with Gasteiger partial charge in [-0.3, -0.25) is 10.1 Å². The predicted octanol–water partition coefficient (Wildman–Crippen LogP) is 3.59. The van der Waals surface area contributed by atoms with Crippen molar-refractivity contribution >= 4 is 17.0 Å². The average Bonchev–Trinajstić information content (AvgIpc) is 3.15. The Morgan fingerprint density at radius 3 is 2.79 bits per heavy atom. The summed E-state index contributed by atoms with van der Waals surface area (Å²) < 4.78 is 13.1. The Bertz CT molecular complexity index is 1150. The van der Waals surface area contributed by atoms with Crippen LogP contribution in [0.5, 0.6) is 5.88 Å². The molecule has 4 heterocycles. The molecule has 6 rings (SSSR count). The third kappa shape index (κ3) is 3.02. The first-order valence-electron chi connectivity index (χ1n) is 11.6. The van der Waals surface area contributed by atoms with E-state index in [1.54, 1.807) is 18.6 Å². The zero-order valence-electron chi connectivity index (χ0n) is 18.3. The minimum Gasteiger partial charge on any atom is -0.465 e. The number of carbonyl (C=O) groups is 1. The van der Waals surface area contributed by atoms with E-state index in [-0.39, 0.29) is 17.4 Å². The van der Waals surface area contributed by atoms with Gasteiger partial charge in [-0.05, 0) is 38.2 Å². The largest absolute Gasteiger partial charge is 0.465 e. The molecule has 3 atom stereocenters. The minimum atomic E-state index is -0.873. The normalized spacial score (nSPS) is 28.7. The number of rotatable bonds is 4. The van der Waals surface area contributed by atoms with Crippen molar-refractivity contribution in [2.24, 2.45) is 11.3 Å². The SMILES string of the molecule is O=C(O)N1CCC2(CC1)C(C1CCCCO1)C2(Oc1cnccn1)c1n[nH]c2ccccc12. The Kier molecular flexibility index (Phi) is 4.76. The van der Waals surface area contributed by atoms with Crippen molar-refractivity contribution < 1.29 is 19.4 Å². The van der Waals surface area contributed by atoms with Gasteiger partial charge >= 0.3 is 6.09 Å². The second-order valence-electron chi connectivity index (χ2n) is 9.31. The molecular weight excluding hydrogens is 422 g/mol. The summed E-state index contributed by atoms with van der Waals surface area (Å²) >= 11 is 0. The molecule has 172 valence electrons. The molecule has 9 nitrogen and oxygen atoms in total. The summed E-state index contributed by atoms with van der Waals surface area (Å²) in [5, 5.41) is 18.6. The maximum Gasteiger partial charge on any atom is 0.407 e. The Morgan fingerprint density at radius 2 is 2.06 bits per heavy atom. The van der Waals surface area contributed by atoms with Crippen LogP contribution in [-0.2, 0) is 10.3 Å². The smallest absolute Gasteiger partial charge is 0.407 e. The highest BCUT2D eigenvalue weighted by molar-refractivity contribution is 5.83. The molecule has 3 aromatic rings. The van der Waals surface area contributed by atoms with E-state index in [2.05, 4.69) is 21.1 Å². The number of hydrogen-bond acceptors (Lipinski definition) is 6. The van der Waals surface area contributed by atoms with Crippen molar-refractivity contribution in [3.63, 3.8) is 0 Å². The predicted molar refractivity (Wildman–Crippen MR) is 119 cm³/mol. The van der Waals surface area contributed by atoms with Gasteiger partial charge in [0.05, 0.1) is 17.8 Å². The van der Waals surface area contributed by atoms with Crippen LogP contribution >= 0.6 is 0 Å². The van der Waals surface area contributed by atoms with Crippen LogP contribution in [0.1, 0.15) is 37.8 Å². The number of nitrogens with zero attached hydrogens (tertiary/aromatic N) is 4. The van der Waals surface area contributed by atoms with Gasteiger partial charge in [0.1, 0.15) is 5.69 Å². The van der Waals surface area contributed by atoms with Crippen LogP contribution in [0.2, 0.25) is 0 Å². The number of H-pyrrole nitrogens is 1. The molecule has 3 fully saturated rings. The van der Waals surface area contributed by atoms with E-state index in [0.29, 0.717) is 31.8 Å². The molecule has 9 heteroatoms. The van der Waals surface area contributed by atoms with Gasteiger partial charge in [-0.2, -0.15) is 5.10 Å². The summed E-state index contributed by atoms with van der Waals surface area (Å²) in [6.45, 7) is 1.67. The fourth-order valence-electron chi connectivity index (χ4n) is 6.37. The molecule has 3 aliphatic rings. The first-order chi connectivity index (χ1) is 16.2. The monoisotopic (exact) mass is 449 g/mol. The number of likely N-dealkylation sites (tertiary alicyclic amines) is 1. The number of carboxylic acid groups (broad SMARTS) is 1. The quantitative estimate of drug-likeness (QED) is 0.626.